The number of carboxylic acids is 1. The minimum atomic E-state index is -0.756. The fraction of sp³-hybridized carbons (Fsp3) is 0.857. The van der Waals surface area contributed by atoms with Crippen molar-refractivity contribution >= 4 is 23.8 Å². The Morgan fingerprint density at radius 1 is 1.45 bits per heavy atom. The molecular weight excluding hydrogens is 276 g/mol. The first-order chi connectivity index (χ1) is 9.34. The summed E-state index contributed by atoms with van der Waals surface area (Å²) >= 11 is 1.73. The minimum Gasteiger partial charge on any atom is -0.481 e. The van der Waals surface area contributed by atoms with Crippen LogP contribution in [-0.4, -0.2) is 52.6 Å². The van der Waals surface area contributed by atoms with Gasteiger partial charge in [-0.15, -0.1) is 0 Å². The number of aliphatic carboxylic acids is 1. The fourth-order valence-corrected chi connectivity index (χ4v) is 2.50. The molecule has 2 N–H and O–H groups in total. The molecule has 6 heteroatoms. The highest BCUT2D eigenvalue weighted by atomic mass is 32.2. The van der Waals surface area contributed by atoms with Gasteiger partial charge in [0.1, 0.15) is 0 Å². The molecule has 1 fully saturated rings. The number of rotatable bonds is 6. The van der Waals surface area contributed by atoms with Crippen molar-refractivity contribution in [1.82, 2.24) is 10.2 Å². The third-order valence-electron chi connectivity index (χ3n) is 3.79. The summed E-state index contributed by atoms with van der Waals surface area (Å²) in [5.41, 5.74) is 0. The molecule has 0 aliphatic carbocycles. The summed E-state index contributed by atoms with van der Waals surface area (Å²) in [6, 6.07) is -0.0212. The number of carbonyl (C=O) groups is 2. The Balaban J connectivity index is 2.38. The van der Waals surface area contributed by atoms with Crippen molar-refractivity contribution in [3.05, 3.63) is 0 Å². The second kappa shape index (κ2) is 7.76. The molecule has 0 bridgehead atoms. The number of carbonyl (C=O) groups excluding carboxylic acids is 1. The van der Waals surface area contributed by atoms with E-state index < -0.39 is 5.97 Å². The maximum absolute atomic E-state index is 12.1. The van der Waals surface area contributed by atoms with Crippen LogP contribution in [0.5, 0.6) is 0 Å². The van der Waals surface area contributed by atoms with Crippen LogP contribution >= 0.6 is 11.8 Å². The monoisotopic (exact) mass is 302 g/mol. The molecule has 116 valence electrons. The maximum Gasteiger partial charge on any atom is 0.317 e. The van der Waals surface area contributed by atoms with Crippen molar-refractivity contribution in [2.75, 3.05) is 25.9 Å². The van der Waals surface area contributed by atoms with E-state index in [-0.39, 0.29) is 17.2 Å². The molecule has 5 nitrogen and oxygen atoms in total. The lowest BCUT2D eigenvalue weighted by Crippen LogP contribution is -2.48. The number of carboxylic acid groups (broad SMARTS) is 1. The van der Waals surface area contributed by atoms with Crippen molar-refractivity contribution in [3.8, 4) is 0 Å². The topological polar surface area (TPSA) is 69.6 Å². The summed E-state index contributed by atoms with van der Waals surface area (Å²) in [6.07, 6.45) is 4.88. The van der Waals surface area contributed by atoms with E-state index in [1.165, 1.54) is 0 Å². The molecule has 1 rings (SSSR count). The Labute approximate surface area is 125 Å². The van der Waals surface area contributed by atoms with Gasteiger partial charge in [0.2, 0.25) is 0 Å². The molecule has 20 heavy (non-hydrogen) atoms. The molecule has 0 aromatic rings. The van der Waals surface area contributed by atoms with Gasteiger partial charge in [-0.3, -0.25) is 4.79 Å². The van der Waals surface area contributed by atoms with Gasteiger partial charge in [0.05, 0.1) is 0 Å². The molecule has 0 aromatic carbocycles. The SMILES string of the molecule is CSC(C)(C)CNC(=O)N1CCCC(CCC(=O)O)C1. The van der Waals surface area contributed by atoms with Gasteiger partial charge < -0.3 is 15.3 Å². The van der Waals surface area contributed by atoms with Gasteiger partial charge in [-0.25, -0.2) is 4.79 Å². The summed E-state index contributed by atoms with van der Waals surface area (Å²) in [6.45, 7) is 6.30. The number of nitrogens with one attached hydrogen (secondary N) is 1. The quantitative estimate of drug-likeness (QED) is 0.790. The van der Waals surface area contributed by atoms with Crippen molar-refractivity contribution < 1.29 is 14.7 Å². The van der Waals surface area contributed by atoms with E-state index in [4.69, 9.17) is 5.11 Å². The van der Waals surface area contributed by atoms with Gasteiger partial charge in [0, 0.05) is 30.8 Å². The van der Waals surface area contributed by atoms with Crippen molar-refractivity contribution in [2.45, 2.75) is 44.3 Å². The van der Waals surface area contributed by atoms with Gasteiger partial charge in [-0.1, -0.05) is 0 Å². The molecule has 0 radical (unpaired) electrons. The van der Waals surface area contributed by atoms with Crippen molar-refractivity contribution in [1.29, 1.82) is 0 Å². The Morgan fingerprint density at radius 3 is 2.75 bits per heavy atom. The lowest BCUT2D eigenvalue weighted by atomic mass is 9.93. The number of amides is 2. The number of nitrogens with zero attached hydrogens (tertiary/aromatic N) is 1. The predicted octanol–water partition coefficient (Wildman–Crippen LogP) is 2.41. The second-order valence-electron chi connectivity index (χ2n) is 6.01. The molecule has 0 spiro atoms. The smallest absolute Gasteiger partial charge is 0.317 e. The van der Waals surface area contributed by atoms with Gasteiger partial charge in [-0.05, 0) is 45.3 Å². The average molecular weight is 302 g/mol. The Hall–Kier alpha value is -0.910. The first kappa shape index (κ1) is 17.1. The maximum atomic E-state index is 12.1. The van der Waals surface area contributed by atoms with E-state index in [0.717, 1.165) is 19.4 Å². The van der Waals surface area contributed by atoms with E-state index >= 15 is 0 Å². The zero-order chi connectivity index (χ0) is 15.2. The first-order valence-corrected chi connectivity index (χ1v) is 8.36. The standard InChI is InChI=1S/C14H26N2O3S/c1-14(2,20-3)10-15-13(19)16-8-4-5-11(9-16)6-7-12(17)18/h11H,4-10H2,1-3H3,(H,15,19)(H,17,18). The third kappa shape index (κ3) is 6.03. The molecule has 1 aliphatic heterocycles. The van der Waals surface area contributed by atoms with E-state index in [1.807, 2.05) is 11.2 Å². The normalized spacial score (nSPS) is 19.8. The molecule has 1 unspecified atom stereocenters. The van der Waals surface area contributed by atoms with Crippen LogP contribution in [0.25, 0.3) is 0 Å². The molecule has 1 heterocycles. The number of hydrogen-bond acceptors (Lipinski definition) is 3. The number of likely N-dealkylation sites (tertiary alicyclic amines) is 1. The summed E-state index contributed by atoms with van der Waals surface area (Å²) in [5.74, 6) is -0.438. The van der Waals surface area contributed by atoms with Crippen LogP contribution in [0, 0.1) is 5.92 Å². The first-order valence-electron chi connectivity index (χ1n) is 7.14. The Bertz CT molecular complexity index is 347. The largest absolute Gasteiger partial charge is 0.481 e. The summed E-state index contributed by atoms with van der Waals surface area (Å²) in [7, 11) is 0. The van der Waals surface area contributed by atoms with Crippen LogP contribution in [0.1, 0.15) is 39.5 Å². The van der Waals surface area contributed by atoms with E-state index in [1.54, 1.807) is 11.8 Å². The van der Waals surface area contributed by atoms with E-state index in [0.29, 0.717) is 25.4 Å². The van der Waals surface area contributed by atoms with Gasteiger partial charge in [0.15, 0.2) is 0 Å². The van der Waals surface area contributed by atoms with Crippen LogP contribution in [0.3, 0.4) is 0 Å². The van der Waals surface area contributed by atoms with Crippen molar-refractivity contribution in [3.63, 3.8) is 0 Å². The second-order valence-corrected chi connectivity index (χ2v) is 7.52. The molecule has 0 saturated carbocycles. The summed E-state index contributed by atoms with van der Waals surface area (Å²) < 4.78 is 0.0359. The lowest BCUT2D eigenvalue weighted by molar-refractivity contribution is -0.137. The van der Waals surface area contributed by atoms with Crippen LogP contribution in [0.2, 0.25) is 0 Å². The predicted molar refractivity (Wildman–Crippen MR) is 82.2 cm³/mol. The number of piperidine rings is 1. The van der Waals surface area contributed by atoms with Crippen molar-refractivity contribution in [2.24, 2.45) is 5.92 Å². The Kier molecular flexibility index (Phi) is 6.65. The molecule has 2 amide bonds. The summed E-state index contributed by atoms with van der Waals surface area (Å²) in [5, 5.41) is 11.7. The van der Waals surface area contributed by atoms with Crippen LogP contribution in [-0.2, 0) is 4.79 Å². The minimum absolute atomic E-state index is 0.0212. The number of hydrogen-bond donors (Lipinski definition) is 2. The number of thioether (sulfide) groups is 1. The molecule has 1 atom stereocenters. The fourth-order valence-electron chi connectivity index (χ4n) is 2.29. The third-order valence-corrected chi connectivity index (χ3v) is 5.04. The number of urea groups is 1. The molecule has 1 aliphatic rings. The summed E-state index contributed by atoms with van der Waals surface area (Å²) in [4.78, 5) is 24.6. The Morgan fingerprint density at radius 2 is 2.15 bits per heavy atom. The van der Waals surface area contributed by atoms with E-state index in [2.05, 4.69) is 19.2 Å². The van der Waals surface area contributed by atoms with Gasteiger partial charge in [-0.2, -0.15) is 11.8 Å². The zero-order valence-electron chi connectivity index (χ0n) is 12.6. The molecule has 1 saturated heterocycles. The highest BCUT2D eigenvalue weighted by molar-refractivity contribution is 7.99. The molecule has 0 aromatic heterocycles. The average Bonchev–Trinajstić information content (AvgIpc) is 2.43. The zero-order valence-corrected chi connectivity index (χ0v) is 13.5. The lowest BCUT2D eigenvalue weighted by Gasteiger charge is -2.33. The van der Waals surface area contributed by atoms with Crippen LogP contribution < -0.4 is 5.32 Å². The van der Waals surface area contributed by atoms with Crippen LogP contribution in [0.4, 0.5) is 4.79 Å². The highest BCUT2D eigenvalue weighted by Gasteiger charge is 2.25. The highest BCUT2D eigenvalue weighted by Crippen LogP contribution is 2.22. The molecular formula is C14H26N2O3S. The van der Waals surface area contributed by atoms with Gasteiger partial charge >= 0.3 is 12.0 Å². The van der Waals surface area contributed by atoms with E-state index in [9.17, 15) is 9.59 Å². The van der Waals surface area contributed by atoms with Gasteiger partial charge in [0.25, 0.3) is 0 Å². The van der Waals surface area contributed by atoms with Crippen LogP contribution in [0.15, 0.2) is 0 Å².